The Morgan fingerprint density at radius 2 is 2.10 bits per heavy atom. The third-order valence-corrected chi connectivity index (χ3v) is 4.42. The molecule has 0 aliphatic carbocycles. The summed E-state index contributed by atoms with van der Waals surface area (Å²) in [5.41, 5.74) is 0.549. The molecule has 1 saturated heterocycles. The molecule has 8 heteroatoms. The lowest BCUT2D eigenvalue weighted by atomic mass is 10.2. The highest BCUT2D eigenvalue weighted by Gasteiger charge is 2.33. The molecule has 0 radical (unpaired) electrons. The number of nitrogens with zero attached hydrogens (tertiary/aromatic N) is 1. The molecule has 3 nitrogen and oxygen atoms in total. The van der Waals surface area contributed by atoms with Crippen LogP contribution in [0.25, 0.3) is 0 Å². The molecular formula is C12H10Br2F3NO2. The van der Waals surface area contributed by atoms with Crippen LogP contribution in [0.2, 0.25) is 0 Å². The Balaban J connectivity index is 2.20. The SMILES string of the molecule is O=C1CC(CBr)CN1c1ccc(OC(F)(F)F)cc1Br. The summed E-state index contributed by atoms with van der Waals surface area (Å²) in [5.74, 6) is -0.156. The minimum atomic E-state index is -4.73. The van der Waals surface area contributed by atoms with Crippen LogP contribution < -0.4 is 9.64 Å². The van der Waals surface area contributed by atoms with Gasteiger partial charge in [-0.25, -0.2) is 0 Å². The fraction of sp³-hybridized carbons (Fsp3) is 0.417. The van der Waals surface area contributed by atoms with E-state index < -0.39 is 6.36 Å². The van der Waals surface area contributed by atoms with E-state index in [0.717, 1.165) is 0 Å². The van der Waals surface area contributed by atoms with Crippen LogP contribution >= 0.6 is 31.9 Å². The van der Waals surface area contributed by atoms with Crippen molar-refractivity contribution >= 4 is 43.5 Å². The molecule has 0 N–H and O–H groups in total. The monoisotopic (exact) mass is 415 g/mol. The number of halogens is 5. The Morgan fingerprint density at radius 1 is 1.40 bits per heavy atom. The van der Waals surface area contributed by atoms with Gasteiger partial charge in [0.25, 0.3) is 0 Å². The first-order valence-corrected chi connectivity index (χ1v) is 7.63. The maximum atomic E-state index is 12.1. The topological polar surface area (TPSA) is 29.5 Å². The van der Waals surface area contributed by atoms with Crippen LogP contribution in [0.5, 0.6) is 5.75 Å². The minimum Gasteiger partial charge on any atom is -0.406 e. The van der Waals surface area contributed by atoms with Crippen LogP contribution in [-0.4, -0.2) is 24.1 Å². The molecule has 1 unspecified atom stereocenters. The summed E-state index contributed by atoms with van der Waals surface area (Å²) in [4.78, 5) is 13.4. The van der Waals surface area contributed by atoms with Crippen molar-refractivity contribution in [3.63, 3.8) is 0 Å². The summed E-state index contributed by atoms with van der Waals surface area (Å²) in [6, 6.07) is 3.85. The lowest BCUT2D eigenvalue weighted by Gasteiger charge is -2.19. The second kappa shape index (κ2) is 5.93. The zero-order valence-corrected chi connectivity index (χ0v) is 13.3. The molecule has 1 heterocycles. The van der Waals surface area contributed by atoms with Gasteiger partial charge in [0.1, 0.15) is 5.75 Å². The van der Waals surface area contributed by atoms with Crippen molar-refractivity contribution in [2.24, 2.45) is 5.92 Å². The Morgan fingerprint density at radius 3 is 2.60 bits per heavy atom. The summed E-state index contributed by atoms with van der Waals surface area (Å²) in [6.07, 6.45) is -4.30. The molecule has 1 aliphatic heterocycles. The van der Waals surface area contributed by atoms with Gasteiger partial charge in [-0.15, -0.1) is 13.2 Å². The largest absolute Gasteiger partial charge is 0.573 e. The fourth-order valence-electron chi connectivity index (χ4n) is 2.02. The first-order valence-electron chi connectivity index (χ1n) is 5.72. The molecule has 0 saturated carbocycles. The maximum Gasteiger partial charge on any atom is 0.573 e. The van der Waals surface area contributed by atoms with Gasteiger partial charge in [-0.3, -0.25) is 4.79 Å². The fourth-order valence-corrected chi connectivity index (χ4v) is 3.03. The van der Waals surface area contributed by atoms with E-state index in [1.807, 2.05) is 0 Å². The van der Waals surface area contributed by atoms with Gasteiger partial charge in [0.2, 0.25) is 5.91 Å². The average molecular weight is 417 g/mol. The van der Waals surface area contributed by atoms with Gasteiger partial charge >= 0.3 is 6.36 Å². The van der Waals surface area contributed by atoms with E-state index in [9.17, 15) is 18.0 Å². The highest BCUT2D eigenvalue weighted by Crippen LogP contribution is 2.35. The van der Waals surface area contributed by atoms with Crippen LogP contribution in [0.1, 0.15) is 6.42 Å². The Kier molecular flexibility index (Phi) is 4.63. The third-order valence-electron chi connectivity index (χ3n) is 2.87. The lowest BCUT2D eigenvalue weighted by Crippen LogP contribution is -2.25. The number of amides is 1. The van der Waals surface area contributed by atoms with Crippen LogP contribution in [0.4, 0.5) is 18.9 Å². The molecular weight excluding hydrogens is 407 g/mol. The van der Waals surface area contributed by atoms with Crippen molar-refractivity contribution < 1.29 is 22.7 Å². The van der Waals surface area contributed by atoms with Crippen molar-refractivity contribution in [3.8, 4) is 5.75 Å². The van der Waals surface area contributed by atoms with Gasteiger partial charge in [-0.2, -0.15) is 0 Å². The van der Waals surface area contributed by atoms with Crippen LogP contribution in [0, 0.1) is 5.92 Å². The molecule has 0 spiro atoms. The molecule has 2 rings (SSSR count). The number of alkyl halides is 4. The van der Waals surface area contributed by atoms with Crippen molar-refractivity contribution in [3.05, 3.63) is 22.7 Å². The van der Waals surface area contributed by atoms with Crippen LogP contribution in [-0.2, 0) is 4.79 Å². The molecule has 1 atom stereocenters. The first-order chi connectivity index (χ1) is 9.30. The second-order valence-electron chi connectivity index (χ2n) is 4.39. The first kappa shape index (κ1) is 15.6. The van der Waals surface area contributed by atoms with Gasteiger partial charge in [0, 0.05) is 22.8 Å². The van der Waals surface area contributed by atoms with E-state index >= 15 is 0 Å². The molecule has 0 aromatic heterocycles. The second-order valence-corrected chi connectivity index (χ2v) is 5.89. The average Bonchev–Trinajstić information content (AvgIpc) is 2.69. The third kappa shape index (κ3) is 3.66. The molecule has 1 fully saturated rings. The number of anilines is 1. The van der Waals surface area contributed by atoms with E-state index in [-0.39, 0.29) is 17.6 Å². The maximum absolute atomic E-state index is 12.1. The van der Waals surface area contributed by atoms with E-state index in [4.69, 9.17) is 0 Å². The smallest absolute Gasteiger partial charge is 0.406 e. The van der Waals surface area contributed by atoms with Crippen LogP contribution in [0.15, 0.2) is 22.7 Å². The number of hydrogen-bond acceptors (Lipinski definition) is 2. The van der Waals surface area contributed by atoms with Gasteiger partial charge in [0.15, 0.2) is 0 Å². The molecule has 0 bridgehead atoms. The number of benzene rings is 1. The molecule has 110 valence electrons. The number of hydrogen-bond donors (Lipinski definition) is 0. The van der Waals surface area contributed by atoms with Gasteiger partial charge in [0.05, 0.1) is 5.69 Å². The lowest BCUT2D eigenvalue weighted by molar-refractivity contribution is -0.274. The van der Waals surface area contributed by atoms with Crippen molar-refractivity contribution in [2.45, 2.75) is 12.8 Å². The number of carbonyl (C=O) groups is 1. The molecule has 1 aliphatic rings. The summed E-state index contributed by atoms with van der Waals surface area (Å²) >= 11 is 6.51. The normalized spacial score (nSPS) is 19.6. The van der Waals surface area contributed by atoms with E-state index in [1.165, 1.54) is 18.2 Å². The van der Waals surface area contributed by atoms with E-state index in [2.05, 4.69) is 36.6 Å². The summed E-state index contributed by atoms with van der Waals surface area (Å²) in [6.45, 7) is 0.544. The van der Waals surface area contributed by atoms with E-state index in [0.29, 0.717) is 28.5 Å². The zero-order valence-electron chi connectivity index (χ0n) is 10.1. The Labute approximate surface area is 130 Å². The molecule has 20 heavy (non-hydrogen) atoms. The highest BCUT2D eigenvalue weighted by atomic mass is 79.9. The molecule has 1 aromatic carbocycles. The van der Waals surface area contributed by atoms with Gasteiger partial charge in [-0.05, 0) is 40.0 Å². The zero-order chi connectivity index (χ0) is 14.9. The number of ether oxygens (including phenoxy) is 1. The Bertz CT molecular complexity index is 522. The summed E-state index contributed by atoms with van der Waals surface area (Å²) in [5, 5.41) is 0.710. The Hall–Kier alpha value is -0.760. The number of carbonyl (C=O) groups excluding carboxylic acids is 1. The van der Waals surface area contributed by atoms with E-state index in [1.54, 1.807) is 4.90 Å². The van der Waals surface area contributed by atoms with Crippen molar-refractivity contribution in [1.29, 1.82) is 0 Å². The number of rotatable bonds is 3. The molecule has 1 amide bonds. The summed E-state index contributed by atoms with van der Waals surface area (Å²) < 4.78 is 40.6. The summed E-state index contributed by atoms with van der Waals surface area (Å²) in [7, 11) is 0. The predicted molar refractivity (Wildman–Crippen MR) is 75.1 cm³/mol. The minimum absolute atomic E-state index is 0.0420. The quantitative estimate of drug-likeness (QED) is 0.694. The van der Waals surface area contributed by atoms with Crippen molar-refractivity contribution in [1.82, 2.24) is 0 Å². The van der Waals surface area contributed by atoms with Gasteiger partial charge < -0.3 is 9.64 Å². The highest BCUT2D eigenvalue weighted by molar-refractivity contribution is 9.10. The van der Waals surface area contributed by atoms with Crippen LogP contribution in [0.3, 0.4) is 0 Å². The predicted octanol–water partition coefficient (Wildman–Crippen LogP) is 4.10. The molecule has 1 aromatic rings. The van der Waals surface area contributed by atoms with Crippen molar-refractivity contribution in [2.75, 3.05) is 16.8 Å². The van der Waals surface area contributed by atoms with Gasteiger partial charge in [-0.1, -0.05) is 15.9 Å². The standard InChI is InChI=1S/C12H10Br2F3NO2/c13-5-7-3-11(19)18(6-7)10-2-1-8(4-9(10)14)20-12(15,16)17/h1-2,4,7H,3,5-6H2.